The van der Waals surface area contributed by atoms with Gasteiger partial charge in [-0.25, -0.2) is 4.39 Å². The molecule has 11 heteroatoms. The third-order valence-corrected chi connectivity index (χ3v) is 4.67. The van der Waals surface area contributed by atoms with Crippen LogP contribution in [0.15, 0.2) is 42.5 Å². The molecule has 1 aliphatic heterocycles. The number of hydrogen-bond donors (Lipinski definition) is 1. The molecule has 0 bridgehead atoms. The van der Waals surface area contributed by atoms with Gasteiger partial charge in [0.25, 0.3) is 0 Å². The summed E-state index contributed by atoms with van der Waals surface area (Å²) in [6.45, 7) is 2.01. The summed E-state index contributed by atoms with van der Waals surface area (Å²) in [5, 5.41) is 3.10. The summed E-state index contributed by atoms with van der Waals surface area (Å²) < 4.78 is 103. The van der Waals surface area contributed by atoms with Crippen LogP contribution in [0, 0.1) is 5.82 Å². The molecule has 1 heterocycles. The quantitative estimate of drug-likeness (QED) is 0.548. The third kappa shape index (κ3) is 6.31. The molecule has 0 spiro atoms. The van der Waals surface area contributed by atoms with E-state index in [2.05, 4.69) is 5.32 Å². The molecule has 1 saturated heterocycles. The number of benzene rings is 2. The number of alkyl halides is 6. The van der Waals surface area contributed by atoms with E-state index in [9.17, 15) is 30.7 Å². The molecule has 0 amide bonds. The summed E-state index contributed by atoms with van der Waals surface area (Å²) in [6.07, 6.45) is -12.0. The van der Waals surface area contributed by atoms with Crippen LogP contribution in [-0.2, 0) is 21.8 Å². The zero-order chi connectivity index (χ0) is 22.1. The van der Waals surface area contributed by atoms with Gasteiger partial charge in [-0.1, -0.05) is 12.1 Å². The van der Waals surface area contributed by atoms with Gasteiger partial charge in [-0.3, -0.25) is 0 Å². The van der Waals surface area contributed by atoms with Crippen molar-refractivity contribution in [3.05, 3.63) is 70.5 Å². The highest BCUT2D eigenvalue weighted by molar-refractivity contribution is 5.85. The molecule has 1 N–H and O–H groups in total. The minimum atomic E-state index is -4.95. The van der Waals surface area contributed by atoms with Crippen molar-refractivity contribution in [2.24, 2.45) is 0 Å². The third-order valence-electron chi connectivity index (χ3n) is 4.67. The first-order valence-electron chi connectivity index (χ1n) is 9.00. The lowest BCUT2D eigenvalue weighted by molar-refractivity contribution is -0.200. The lowest BCUT2D eigenvalue weighted by atomic mass is 10.0. The van der Waals surface area contributed by atoms with Crippen LogP contribution in [0.5, 0.6) is 0 Å². The monoisotopic (exact) mass is 473 g/mol. The summed E-state index contributed by atoms with van der Waals surface area (Å²) in [5.41, 5.74) is -2.52. The van der Waals surface area contributed by atoms with Crippen LogP contribution in [0.25, 0.3) is 0 Å². The molecule has 0 radical (unpaired) electrons. The maximum Gasteiger partial charge on any atom is 0.416 e. The van der Waals surface area contributed by atoms with Gasteiger partial charge in [-0.2, -0.15) is 26.3 Å². The number of ether oxygens (including phenoxy) is 2. The molecule has 1 fully saturated rings. The van der Waals surface area contributed by atoms with Crippen LogP contribution < -0.4 is 5.32 Å². The lowest BCUT2D eigenvalue weighted by Gasteiger charge is -2.34. The first-order chi connectivity index (χ1) is 13.9. The Balaban J connectivity index is 0.00000341. The summed E-state index contributed by atoms with van der Waals surface area (Å²) >= 11 is 0. The molecule has 0 aliphatic carbocycles. The molecule has 31 heavy (non-hydrogen) atoms. The van der Waals surface area contributed by atoms with Crippen LogP contribution >= 0.6 is 12.4 Å². The Morgan fingerprint density at radius 2 is 1.52 bits per heavy atom. The van der Waals surface area contributed by atoms with Crippen LogP contribution in [0.4, 0.5) is 30.7 Å². The van der Waals surface area contributed by atoms with Crippen molar-refractivity contribution in [2.45, 2.75) is 37.7 Å². The average molecular weight is 474 g/mol. The topological polar surface area (TPSA) is 30.5 Å². The van der Waals surface area contributed by atoms with E-state index < -0.39 is 47.7 Å². The van der Waals surface area contributed by atoms with E-state index >= 15 is 0 Å². The molecular weight excluding hydrogens is 455 g/mol. The highest BCUT2D eigenvalue weighted by atomic mass is 35.5. The summed E-state index contributed by atoms with van der Waals surface area (Å²) in [4.78, 5) is 0. The van der Waals surface area contributed by atoms with Crippen molar-refractivity contribution in [3.8, 4) is 0 Å². The van der Waals surface area contributed by atoms with Crippen LogP contribution in [0.3, 0.4) is 0 Å². The molecule has 172 valence electrons. The molecule has 3 nitrogen and oxygen atoms in total. The molecule has 0 saturated carbocycles. The van der Waals surface area contributed by atoms with E-state index in [-0.39, 0.29) is 30.6 Å². The summed E-state index contributed by atoms with van der Waals surface area (Å²) in [6, 6.07) is 6.20. The van der Waals surface area contributed by atoms with E-state index in [1.54, 1.807) is 0 Å². The minimum Gasteiger partial charge on any atom is -0.349 e. The predicted octanol–water partition coefficient (Wildman–Crippen LogP) is 6.05. The Bertz CT molecular complexity index is 839. The van der Waals surface area contributed by atoms with Gasteiger partial charge in [0.1, 0.15) is 5.82 Å². The van der Waals surface area contributed by atoms with Gasteiger partial charge in [0.05, 0.1) is 29.9 Å². The first-order valence-corrected chi connectivity index (χ1v) is 9.00. The average Bonchev–Trinajstić information content (AvgIpc) is 2.67. The van der Waals surface area contributed by atoms with Gasteiger partial charge >= 0.3 is 12.4 Å². The molecule has 2 aromatic carbocycles. The van der Waals surface area contributed by atoms with E-state index in [1.807, 2.05) is 0 Å². The van der Waals surface area contributed by atoms with Crippen LogP contribution in [0.1, 0.15) is 41.3 Å². The normalized spacial score (nSPS) is 20.8. The Labute approximate surface area is 179 Å². The van der Waals surface area contributed by atoms with Crippen molar-refractivity contribution < 1.29 is 40.2 Å². The summed E-state index contributed by atoms with van der Waals surface area (Å²) in [5.74, 6) is -0.454. The standard InChI is InChI=1S/C20H18F7NO2.ClH/c1-11(13-8-14(19(22,23)24)10-15(9-13)20(25,26)27)30-18-17(28-6-7-29-18)12-2-4-16(21)5-3-12;/h2-5,8-11,17-18,28H,6-7H2,1H3;1H/t11-,17+,18+;/m0./s1. The molecule has 0 unspecified atom stereocenters. The van der Waals surface area contributed by atoms with Crippen LogP contribution in [0.2, 0.25) is 0 Å². The Hall–Kier alpha value is -1.88. The first kappa shape index (κ1) is 25.4. The zero-order valence-electron chi connectivity index (χ0n) is 16.1. The maximum absolute atomic E-state index is 13.2. The molecule has 1 aliphatic rings. The van der Waals surface area contributed by atoms with E-state index in [0.29, 0.717) is 24.2 Å². The Kier molecular flexibility index (Phi) is 7.96. The maximum atomic E-state index is 13.2. The fourth-order valence-corrected chi connectivity index (χ4v) is 3.14. The molecule has 2 aromatic rings. The van der Waals surface area contributed by atoms with Gasteiger partial charge in [0, 0.05) is 6.54 Å². The number of rotatable bonds is 4. The molecular formula is C20H19ClF7NO2. The van der Waals surface area contributed by atoms with Gasteiger partial charge in [-0.15, -0.1) is 12.4 Å². The molecule has 3 atom stereocenters. The van der Waals surface area contributed by atoms with Gasteiger partial charge in [0.15, 0.2) is 6.29 Å². The number of morpholine rings is 1. The molecule has 0 aromatic heterocycles. The largest absolute Gasteiger partial charge is 0.416 e. The Morgan fingerprint density at radius 1 is 0.968 bits per heavy atom. The van der Waals surface area contributed by atoms with Crippen molar-refractivity contribution in [2.75, 3.05) is 13.2 Å². The van der Waals surface area contributed by atoms with E-state index in [4.69, 9.17) is 9.47 Å². The molecule has 3 rings (SSSR count). The van der Waals surface area contributed by atoms with E-state index in [1.165, 1.54) is 31.2 Å². The van der Waals surface area contributed by atoms with Gasteiger partial charge < -0.3 is 14.8 Å². The second-order valence-corrected chi connectivity index (χ2v) is 6.84. The van der Waals surface area contributed by atoms with Crippen molar-refractivity contribution in [1.29, 1.82) is 0 Å². The highest BCUT2D eigenvalue weighted by Gasteiger charge is 2.38. The fraction of sp³-hybridized carbons (Fsp3) is 0.400. The number of halogens is 8. The second kappa shape index (κ2) is 9.72. The van der Waals surface area contributed by atoms with E-state index in [0.717, 1.165) is 0 Å². The smallest absolute Gasteiger partial charge is 0.349 e. The minimum absolute atomic E-state index is 0. The zero-order valence-corrected chi connectivity index (χ0v) is 16.9. The Morgan fingerprint density at radius 3 is 2.03 bits per heavy atom. The van der Waals surface area contributed by atoms with Gasteiger partial charge in [0.2, 0.25) is 0 Å². The lowest BCUT2D eigenvalue weighted by Crippen LogP contribution is -2.43. The highest BCUT2D eigenvalue weighted by Crippen LogP contribution is 2.38. The van der Waals surface area contributed by atoms with Crippen LogP contribution in [-0.4, -0.2) is 19.4 Å². The number of nitrogens with one attached hydrogen (secondary N) is 1. The summed E-state index contributed by atoms with van der Waals surface area (Å²) in [7, 11) is 0. The number of hydrogen-bond acceptors (Lipinski definition) is 3. The van der Waals surface area contributed by atoms with Crippen molar-refractivity contribution in [1.82, 2.24) is 5.32 Å². The fourth-order valence-electron chi connectivity index (χ4n) is 3.14. The predicted molar refractivity (Wildman–Crippen MR) is 100 cm³/mol. The van der Waals surface area contributed by atoms with Gasteiger partial charge in [-0.05, 0) is 48.4 Å². The van der Waals surface area contributed by atoms with Crippen molar-refractivity contribution in [3.63, 3.8) is 0 Å². The van der Waals surface area contributed by atoms with Crippen molar-refractivity contribution >= 4 is 12.4 Å². The second-order valence-electron chi connectivity index (χ2n) is 6.84. The SMILES string of the molecule is C[C@H](O[C@H]1OCCN[C@@H]1c1ccc(F)cc1)c1cc(C(F)(F)F)cc(C(F)(F)F)c1.Cl.